The normalized spacial score (nSPS) is 11.3. The van der Waals surface area contributed by atoms with Crippen molar-refractivity contribution in [3.8, 4) is 17.2 Å². The van der Waals surface area contributed by atoms with Gasteiger partial charge in [-0.2, -0.15) is 0 Å². The standard InChI is InChI=1S/C22H20O5/c1-5-12-9-10-13-15(11-12)22(23)27-19-14-7-6-8-16(24-2)17(14)20(25-3)21(26-4)18(13)19/h6-11H,5H2,1-4H3. The van der Waals surface area contributed by atoms with Crippen LogP contribution in [0.4, 0.5) is 0 Å². The Morgan fingerprint density at radius 1 is 0.852 bits per heavy atom. The molecule has 0 amide bonds. The summed E-state index contributed by atoms with van der Waals surface area (Å²) >= 11 is 0. The van der Waals surface area contributed by atoms with Crippen molar-refractivity contribution in [2.45, 2.75) is 13.3 Å². The number of ether oxygens (including phenoxy) is 3. The Hall–Kier alpha value is -3.21. The number of aryl methyl sites for hydroxylation is 1. The van der Waals surface area contributed by atoms with Crippen molar-refractivity contribution in [3.05, 3.63) is 52.4 Å². The summed E-state index contributed by atoms with van der Waals surface area (Å²) in [6.45, 7) is 2.05. The summed E-state index contributed by atoms with van der Waals surface area (Å²) in [5.74, 6) is 1.68. The van der Waals surface area contributed by atoms with Crippen LogP contribution in [0.1, 0.15) is 12.5 Å². The first-order valence-electron chi connectivity index (χ1n) is 8.74. The monoisotopic (exact) mass is 364 g/mol. The van der Waals surface area contributed by atoms with Crippen LogP contribution in [0.25, 0.3) is 32.5 Å². The fourth-order valence-electron chi connectivity index (χ4n) is 3.68. The van der Waals surface area contributed by atoms with E-state index in [2.05, 4.69) is 0 Å². The zero-order valence-corrected chi connectivity index (χ0v) is 15.7. The molecular formula is C22H20O5. The molecule has 0 atom stereocenters. The molecule has 0 N–H and O–H groups in total. The third-order valence-electron chi connectivity index (χ3n) is 4.96. The van der Waals surface area contributed by atoms with E-state index in [1.807, 2.05) is 43.3 Å². The Morgan fingerprint density at radius 3 is 2.26 bits per heavy atom. The van der Waals surface area contributed by atoms with Crippen LogP contribution in [0.15, 0.2) is 45.6 Å². The first-order chi connectivity index (χ1) is 13.1. The molecule has 5 heteroatoms. The summed E-state index contributed by atoms with van der Waals surface area (Å²) in [5.41, 5.74) is 1.16. The second-order valence-electron chi connectivity index (χ2n) is 6.28. The van der Waals surface area contributed by atoms with Crippen molar-refractivity contribution >= 4 is 32.5 Å². The number of hydrogen-bond donors (Lipinski definition) is 0. The minimum Gasteiger partial charge on any atom is -0.496 e. The predicted octanol–water partition coefficient (Wildman–Crippen LogP) is 4.69. The Morgan fingerprint density at radius 2 is 1.59 bits per heavy atom. The van der Waals surface area contributed by atoms with E-state index >= 15 is 0 Å². The van der Waals surface area contributed by atoms with Gasteiger partial charge in [-0.05, 0) is 24.1 Å². The van der Waals surface area contributed by atoms with Crippen molar-refractivity contribution in [3.63, 3.8) is 0 Å². The number of methoxy groups -OCH3 is 3. The summed E-state index contributed by atoms with van der Waals surface area (Å²) in [7, 11) is 4.76. The highest BCUT2D eigenvalue weighted by Crippen LogP contribution is 2.48. The SMILES string of the molecule is CCc1ccc2c(c1)c(=O)oc1c3cccc(OC)c3c(OC)c(OC)c21. The maximum atomic E-state index is 12.7. The number of fused-ring (bicyclic) bond motifs is 5. The van der Waals surface area contributed by atoms with Crippen molar-refractivity contribution < 1.29 is 18.6 Å². The maximum absolute atomic E-state index is 12.7. The van der Waals surface area contributed by atoms with E-state index in [1.54, 1.807) is 21.3 Å². The molecule has 0 aliphatic rings. The second-order valence-corrected chi connectivity index (χ2v) is 6.28. The van der Waals surface area contributed by atoms with E-state index in [-0.39, 0.29) is 5.63 Å². The molecule has 27 heavy (non-hydrogen) atoms. The molecule has 1 aromatic heterocycles. The molecule has 4 aromatic rings. The number of hydrogen-bond acceptors (Lipinski definition) is 5. The fourth-order valence-corrected chi connectivity index (χ4v) is 3.68. The second kappa shape index (κ2) is 6.50. The van der Waals surface area contributed by atoms with Crippen LogP contribution in [0, 0.1) is 0 Å². The zero-order valence-electron chi connectivity index (χ0n) is 15.7. The minimum absolute atomic E-state index is 0.371. The lowest BCUT2D eigenvalue weighted by Gasteiger charge is -2.17. The average molecular weight is 364 g/mol. The third-order valence-corrected chi connectivity index (χ3v) is 4.96. The molecule has 0 aliphatic carbocycles. The molecule has 0 saturated carbocycles. The number of benzene rings is 3. The Kier molecular flexibility index (Phi) is 4.15. The lowest BCUT2D eigenvalue weighted by molar-refractivity contribution is 0.359. The van der Waals surface area contributed by atoms with E-state index in [9.17, 15) is 4.79 Å². The van der Waals surface area contributed by atoms with Gasteiger partial charge in [0, 0.05) is 10.8 Å². The van der Waals surface area contributed by atoms with E-state index in [4.69, 9.17) is 18.6 Å². The van der Waals surface area contributed by atoms with Crippen LogP contribution < -0.4 is 19.8 Å². The van der Waals surface area contributed by atoms with E-state index in [0.717, 1.165) is 22.8 Å². The van der Waals surface area contributed by atoms with E-state index in [0.29, 0.717) is 39.0 Å². The fraction of sp³-hybridized carbons (Fsp3) is 0.227. The molecule has 5 nitrogen and oxygen atoms in total. The first-order valence-corrected chi connectivity index (χ1v) is 8.74. The smallest absolute Gasteiger partial charge is 0.344 e. The molecule has 0 spiro atoms. The quantitative estimate of drug-likeness (QED) is 0.388. The van der Waals surface area contributed by atoms with Gasteiger partial charge in [-0.15, -0.1) is 0 Å². The molecule has 0 aliphatic heterocycles. The lowest BCUT2D eigenvalue weighted by atomic mass is 9.98. The molecule has 1 heterocycles. The summed E-state index contributed by atoms with van der Waals surface area (Å²) in [6.07, 6.45) is 0.836. The van der Waals surface area contributed by atoms with Gasteiger partial charge in [0.2, 0.25) is 0 Å². The van der Waals surface area contributed by atoms with Crippen LogP contribution >= 0.6 is 0 Å². The predicted molar refractivity (Wildman–Crippen MR) is 107 cm³/mol. The van der Waals surface area contributed by atoms with Gasteiger partial charge in [-0.25, -0.2) is 4.79 Å². The van der Waals surface area contributed by atoms with Crippen LogP contribution in [0.5, 0.6) is 17.2 Å². The lowest BCUT2D eigenvalue weighted by Crippen LogP contribution is -2.03. The Bertz CT molecular complexity index is 1240. The molecular weight excluding hydrogens is 344 g/mol. The van der Waals surface area contributed by atoms with E-state index < -0.39 is 0 Å². The van der Waals surface area contributed by atoms with Crippen LogP contribution in [0.3, 0.4) is 0 Å². The number of rotatable bonds is 4. The summed E-state index contributed by atoms with van der Waals surface area (Å²) in [6, 6.07) is 11.4. The van der Waals surface area contributed by atoms with Gasteiger partial charge in [0.1, 0.15) is 5.75 Å². The molecule has 3 aromatic carbocycles. The minimum atomic E-state index is -0.371. The van der Waals surface area contributed by atoms with Crippen molar-refractivity contribution in [1.29, 1.82) is 0 Å². The largest absolute Gasteiger partial charge is 0.496 e. The Labute approximate surface area is 156 Å². The highest BCUT2D eigenvalue weighted by molar-refractivity contribution is 6.20. The molecule has 0 radical (unpaired) electrons. The summed E-state index contributed by atoms with van der Waals surface area (Å²) < 4.78 is 22.7. The molecule has 0 unspecified atom stereocenters. The Balaban J connectivity index is 2.34. The summed E-state index contributed by atoms with van der Waals surface area (Å²) in [4.78, 5) is 12.7. The zero-order chi connectivity index (χ0) is 19.1. The average Bonchev–Trinajstić information content (AvgIpc) is 2.72. The van der Waals surface area contributed by atoms with Gasteiger partial charge in [-0.3, -0.25) is 0 Å². The third kappa shape index (κ3) is 2.42. The van der Waals surface area contributed by atoms with Crippen LogP contribution in [0.2, 0.25) is 0 Å². The van der Waals surface area contributed by atoms with Crippen LogP contribution in [-0.2, 0) is 6.42 Å². The topological polar surface area (TPSA) is 57.9 Å². The summed E-state index contributed by atoms with van der Waals surface area (Å²) in [5, 5.41) is 3.47. The highest BCUT2D eigenvalue weighted by atomic mass is 16.5. The molecule has 0 fully saturated rings. The van der Waals surface area contributed by atoms with Crippen molar-refractivity contribution in [1.82, 2.24) is 0 Å². The molecule has 0 bridgehead atoms. The van der Waals surface area contributed by atoms with Gasteiger partial charge in [0.05, 0.1) is 37.5 Å². The molecule has 4 rings (SSSR count). The molecule has 138 valence electrons. The first kappa shape index (κ1) is 17.2. The van der Waals surface area contributed by atoms with E-state index in [1.165, 1.54) is 0 Å². The van der Waals surface area contributed by atoms with Gasteiger partial charge < -0.3 is 18.6 Å². The van der Waals surface area contributed by atoms with Gasteiger partial charge >= 0.3 is 5.63 Å². The molecule has 0 saturated heterocycles. The van der Waals surface area contributed by atoms with Gasteiger partial charge in [0.25, 0.3) is 0 Å². The highest BCUT2D eigenvalue weighted by Gasteiger charge is 2.23. The van der Waals surface area contributed by atoms with Gasteiger partial charge in [-0.1, -0.05) is 31.2 Å². The van der Waals surface area contributed by atoms with Crippen molar-refractivity contribution in [2.75, 3.05) is 21.3 Å². The van der Waals surface area contributed by atoms with Crippen molar-refractivity contribution in [2.24, 2.45) is 0 Å². The van der Waals surface area contributed by atoms with Crippen LogP contribution in [-0.4, -0.2) is 21.3 Å². The van der Waals surface area contributed by atoms with Gasteiger partial charge in [0.15, 0.2) is 17.1 Å². The maximum Gasteiger partial charge on any atom is 0.344 e.